The van der Waals surface area contributed by atoms with Gasteiger partial charge in [-0.3, -0.25) is 4.79 Å². The highest BCUT2D eigenvalue weighted by atomic mass is 32.2. The van der Waals surface area contributed by atoms with Gasteiger partial charge in [0.1, 0.15) is 0 Å². The number of hydrogen-bond acceptors (Lipinski definition) is 3. The molecule has 0 spiro atoms. The molecule has 0 saturated carbocycles. The third-order valence-corrected chi connectivity index (χ3v) is 4.18. The van der Waals surface area contributed by atoms with Gasteiger partial charge in [-0.2, -0.15) is 0 Å². The van der Waals surface area contributed by atoms with E-state index in [4.69, 9.17) is 4.74 Å². The molecule has 22 heavy (non-hydrogen) atoms. The van der Waals surface area contributed by atoms with Gasteiger partial charge in [-0.1, -0.05) is 24.3 Å². The second-order valence-electron chi connectivity index (χ2n) is 4.78. The van der Waals surface area contributed by atoms with Crippen LogP contribution in [-0.2, 0) is 4.79 Å². The van der Waals surface area contributed by atoms with Gasteiger partial charge in [-0.25, -0.2) is 4.39 Å². The van der Waals surface area contributed by atoms with Gasteiger partial charge in [0.15, 0.2) is 11.6 Å². The highest BCUT2D eigenvalue weighted by molar-refractivity contribution is 8.00. The topological polar surface area (TPSA) is 38.3 Å². The second kappa shape index (κ2) is 7.84. The molecule has 0 saturated heterocycles. The molecule has 0 heterocycles. The molecular weight excluding hydrogens is 301 g/mol. The smallest absolute Gasteiger partial charge is 0.230 e. The van der Waals surface area contributed by atoms with Crippen molar-refractivity contribution in [3.8, 4) is 5.75 Å². The zero-order valence-electron chi connectivity index (χ0n) is 12.5. The van der Waals surface area contributed by atoms with Crippen LogP contribution < -0.4 is 10.1 Å². The summed E-state index contributed by atoms with van der Waals surface area (Å²) >= 11 is 1.47. The Hall–Kier alpha value is -2.01. The molecule has 116 valence electrons. The van der Waals surface area contributed by atoms with E-state index in [2.05, 4.69) is 5.32 Å². The number of benzene rings is 2. The Labute approximate surface area is 133 Å². The molecule has 0 aliphatic rings. The Bertz CT molecular complexity index is 634. The molecular formula is C17H18FNO2S. The second-order valence-corrected chi connectivity index (χ2v) is 5.83. The molecule has 0 aromatic heterocycles. The van der Waals surface area contributed by atoms with Crippen molar-refractivity contribution in [1.29, 1.82) is 0 Å². The van der Waals surface area contributed by atoms with E-state index in [0.29, 0.717) is 11.3 Å². The molecule has 0 bridgehead atoms. The van der Waals surface area contributed by atoms with E-state index >= 15 is 0 Å². The number of ether oxygens (including phenoxy) is 1. The summed E-state index contributed by atoms with van der Waals surface area (Å²) < 4.78 is 18.6. The number of halogens is 1. The first kappa shape index (κ1) is 16.4. The molecule has 3 nitrogen and oxygen atoms in total. The Morgan fingerprint density at radius 1 is 1.27 bits per heavy atom. The fraction of sp³-hybridized carbons (Fsp3) is 0.235. The van der Waals surface area contributed by atoms with Gasteiger partial charge in [0.2, 0.25) is 5.91 Å². The van der Waals surface area contributed by atoms with Gasteiger partial charge in [0.05, 0.1) is 18.9 Å². The highest BCUT2D eigenvalue weighted by Gasteiger charge is 2.12. The Kier molecular flexibility index (Phi) is 5.83. The lowest BCUT2D eigenvalue weighted by molar-refractivity contribution is -0.119. The zero-order chi connectivity index (χ0) is 15.9. The molecule has 0 radical (unpaired) electrons. The number of rotatable bonds is 6. The van der Waals surface area contributed by atoms with Crippen molar-refractivity contribution in [3.63, 3.8) is 0 Å². The molecule has 1 amide bonds. The molecule has 1 atom stereocenters. The number of carbonyl (C=O) groups excluding carboxylic acids is 1. The lowest BCUT2D eigenvalue weighted by Gasteiger charge is -2.15. The van der Waals surface area contributed by atoms with Crippen LogP contribution in [0.1, 0.15) is 18.5 Å². The summed E-state index contributed by atoms with van der Waals surface area (Å²) in [5, 5.41) is 2.86. The molecule has 2 aromatic carbocycles. The molecule has 2 rings (SSSR count). The van der Waals surface area contributed by atoms with Gasteiger partial charge in [0, 0.05) is 4.90 Å². The monoisotopic (exact) mass is 319 g/mol. The van der Waals surface area contributed by atoms with E-state index < -0.39 is 5.82 Å². The van der Waals surface area contributed by atoms with Crippen molar-refractivity contribution in [3.05, 3.63) is 59.9 Å². The average Bonchev–Trinajstić information content (AvgIpc) is 2.53. The highest BCUT2D eigenvalue weighted by Crippen LogP contribution is 2.22. The largest absolute Gasteiger partial charge is 0.494 e. The Balaban J connectivity index is 1.89. The van der Waals surface area contributed by atoms with Crippen LogP contribution in [0.15, 0.2) is 53.4 Å². The summed E-state index contributed by atoms with van der Waals surface area (Å²) in [4.78, 5) is 13.0. The number of amides is 1. The van der Waals surface area contributed by atoms with E-state index in [1.54, 1.807) is 12.1 Å². The summed E-state index contributed by atoms with van der Waals surface area (Å²) in [5.41, 5.74) is 0.705. The number of hydrogen-bond donors (Lipinski definition) is 1. The quantitative estimate of drug-likeness (QED) is 0.823. The molecule has 1 N–H and O–H groups in total. The van der Waals surface area contributed by atoms with Crippen LogP contribution in [0, 0.1) is 5.82 Å². The van der Waals surface area contributed by atoms with Crippen molar-refractivity contribution >= 4 is 17.7 Å². The van der Waals surface area contributed by atoms with E-state index in [9.17, 15) is 9.18 Å². The lowest BCUT2D eigenvalue weighted by Crippen LogP contribution is -2.28. The predicted octanol–water partition coefficient (Wildman–Crippen LogP) is 3.80. The van der Waals surface area contributed by atoms with Crippen LogP contribution in [0.2, 0.25) is 0 Å². The minimum absolute atomic E-state index is 0.0856. The Morgan fingerprint density at radius 2 is 2.00 bits per heavy atom. The molecule has 0 fully saturated rings. The maximum absolute atomic E-state index is 13.7. The first-order valence-corrected chi connectivity index (χ1v) is 7.89. The van der Waals surface area contributed by atoms with Crippen LogP contribution >= 0.6 is 11.8 Å². The van der Waals surface area contributed by atoms with Crippen LogP contribution in [0.5, 0.6) is 5.75 Å². The minimum atomic E-state index is -0.431. The first-order chi connectivity index (χ1) is 10.6. The van der Waals surface area contributed by atoms with Gasteiger partial charge in [-0.15, -0.1) is 11.8 Å². The summed E-state index contributed by atoms with van der Waals surface area (Å²) in [6.45, 7) is 1.83. The van der Waals surface area contributed by atoms with Crippen LogP contribution in [0.25, 0.3) is 0 Å². The molecule has 0 aliphatic carbocycles. The van der Waals surface area contributed by atoms with Gasteiger partial charge in [0.25, 0.3) is 0 Å². The summed E-state index contributed by atoms with van der Waals surface area (Å²) in [6.07, 6.45) is 0. The lowest BCUT2D eigenvalue weighted by atomic mass is 10.1. The normalized spacial score (nSPS) is 11.8. The van der Waals surface area contributed by atoms with E-state index in [1.807, 2.05) is 37.3 Å². The standard InChI is InChI=1S/C17H18FNO2S/c1-12(13-8-9-16(21-2)15(18)10-13)19-17(20)11-22-14-6-4-3-5-7-14/h3-10,12H,11H2,1-2H3,(H,19,20)/t12-/m1/s1. The van der Waals surface area contributed by atoms with E-state index in [0.717, 1.165) is 4.90 Å². The molecule has 2 aromatic rings. The number of methoxy groups -OCH3 is 1. The molecule has 5 heteroatoms. The molecule has 0 aliphatic heterocycles. The van der Waals surface area contributed by atoms with E-state index in [-0.39, 0.29) is 17.7 Å². The minimum Gasteiger partial charge on any atom is -0.494 e. The van der Waals surface area contributed by atoms with Crippen molar-refractivity contribution in [2.45, 2.75) is 17.9 Å². The average molecular weight is 319 g/mol. The van der Waals surface area contributed by atoms with Crippen LogP contribution in [0.3, 0.4) is 0 Å². The van der Waals surface area contributed by atoms with Gasteiger partial charge in [-0.05, 0) is 36.8 Å². The fourth-order valence-corrected chi connectivity index (χ4v) is 2.71. The summed E-state index contributed by atoms with van der Waals surface area (Å²) in [5.74, 6) is 0.00624. The van der Waals surface area contributed by atoms with Crippen molar-refractivity contribution < 1.29 is 13.9 Å². The van der Waals surface area contributed by atoms with Crippen molar-refractivity contribution in [2.75, 3.05) is 12.9 Å². The first-order valence-electron chi connectivity index (χ1n) is 6.91. The third-order valence-electron chi connectivity index (χ3n) is 3.17. The maximum atomic E-state index is 13.7. The maximum Gasteiger partial charge on any atom is 0.230 e. The zero-order valence-corrected chi connectivity index (χ0v) is 13.3. The number of carbonyl (C=O) groups is 1. The predicted molar refractivity (Wildman–Crippen MR) is 86.7 cm³/mol. The number of nitrogens with one attached hydrogen (secondary N) is 1. The fourth-order valence-electron chi connectivity index (χ4n) is 1.98. The summed E-state index contributed by atoms with van der Waals surface area (Å²) in [6, 6.07) is 14.2. The van der Waals surface area contributed by atoms with Gasteiger partial charge >= 0.3 is 0 Å². The summed E-state index contributed by atoms with van der Waals surface area (Å²) in [7, 11) is 1.42. The van der Waals surface area contributed by atoms with Crippen LogP contribution in [-0.4, -0.2) is 18.8 Å². The molecule has 0 unspecified atom stereocenters. The van der Waals surface area contributed by atoms with Gasteiger partial charge < -0.3 is 10.1 Å². The van der Waals surface area contributed by atoms with Crippen molar-refractivity contribution in [2.24, 2.45) is 0 Å². The van der Waals surface area contributed by atoms with Crippen LogP contribution in [0.4, 0.5) is 4.39 Å². The van der Waals surface area contributed by atoms with Crippen molar-refractivity contribution in [1.82, 2.24) is 5.32 Å². The third kappa shape index (κ3) is 4.49. The SMILES string of the molecule is COc1ccc([C@@H](C)NC(=O)CSc2ccccc2)cc1F. The Morgan fingerprint density at radius 3 is 2.64 bits per heavy atom. The number of thioether (sulfide) groups is 1. The van der Waals surface area contributed by atoms with E-state index in [1.165, 1.54) is 24.9 Å².